The Morgan fingerprint density at radius 2 is 2.10 bits per heavy atom. The van der Waals surface area contributed by atoms with E-state index in [0.29, 0.717) is 5.56 Å². The smallest absolute Gasteiger partial charge is 0.233 e. The van der Waals surface area contributed by atoms with Gasteiger partial charge in [0.05, 0.1) is 5.02 Å². The zero-order valence-electron chi connectivity index (χ0n) is 10.5. The molecule has 1 aromatic carbocycles. The fourth-order valence-electron chi connectivity index (χ4n) is 1.54. The number of allylic oxidation sites excluding steroid dienone is 1. The van der Waals surface area contributed by atoms with Crippen molar-refractivity contribution in [3.63, 3.8) is 0 Å². The molecule has 106 valence electrons. The maximum Gasteiger partial charge on any atom is 0.233 e. The fraction of sp³-hybridized carbons (Fsp3) is 0. The molecule has 0 saturated heterocycles. The van der Waals surface area contributed by atoms with Crippen LogP contribution in [0.3, 0.4) is 0 Å². The summed E-state index contributed by atoms with van der Waals surface area (Å²) >= 11 is 5.62. The molecule has 0 amide bonds. The van der Waals surface area contributed by atoms with Crippen LogP contribution in [0.25, 0.3) is 6.08 Å². The Labute approximate surface area is 126 Å². The van der Waals surface area contributed by atoms with Crippen molar-refractivity contribution in [1.29, 1.82) is 5.26 Å². The number of hydrogen-bond donors (Lipinski definition) is 0. The van der Waals surface area contributed by atoms with Crippen LogP contribution in [0.1, 0.15) is 5.56 Å². The number of sulfone groups is 1. The lowest BCUT2D eigenvalue weighted by atomic mass is 10.2. The van der Waals surface area contributed by atoms with Crippen LogP contribution >= 0.6 is 11.6 Å². The highest BCUT2D eigenvalue weighted by Gasteiger charge is 2.21. The van der Waals surface area contributed by atoms with E-state index in [1.54, 1.807) is 12.1 Å². The molecule has 1 aromatic heterocycles. The number of halogens is 2. The van der Waals surface area contributed by atoms with Gasteiger partial charge in [-0.15, -0.1) is 0 Å². The molecule has 0 aliphatic rings. The molecule has 0 aliphatic carbocycles. The first-order valence-corrected chi connectivity index (χ1v) is 7.54. The number of rotatable bonds is 3. The van der Waals surface area contributed by atoms with Gasteiger partial charge in [-0.05, 0) is 35.9 Å². The summed E-state index contributed by atoms with van der Waals surface area (Å²) in [5.74, 6) is -0.625. The molecule has 0 unspecified atom stereocenters. The van der Waals surface area contributed by atoms with E-state index in [2.05, 4.69) is 4.98 Å². The van der Waals surface area contributed by atoms with Crippen LogP contribution in [0.15, 0.2) is 52.5 Å². The Morgan fingerprint density at radius 1 is 1.33 bits per heavy atom. The number of nitrogens with zero attached hydrogens (tertiary/aromatic N) is 2. The maximum absolute atomic E-state index is 13.1. The highest BCUT2D eigenvalue weighted by Crippen LogP contribution is 2.22. The van der Waals surface area contributed by atoms with Crippen LogP contribution in [0, 0.1) is 17.1 Å². The molecule has 0 aliphatic heterocycles. The van der Waals surface area contributed by atoms with E-state index >= 15 is 0 Å². The average Bonchev–Trinajstić information content (AvgIpc) is 2.49. The molecule has 7 heteroatoms. The van der Waals surface area contributed by atoms with Crippen molar-refractivity contribution in [2.24, 2.45) is 0 Å². The summed E-state index contributed by atoms with van der Waals surface area (Å²) in [6.07, 6.45) is 2.44. The van der Waals surface area contributed by atoms with Gasteiger partial charge in [-0.3, -0.25) is 0 Å². The lowest BCUT2D eigenvalue weighted by molar-refractivity contribution is 0.600. The number of aromatic nitrogens is 1. The molecule has 0 radical (unpaired) electrons. The number of benzene rings is 1. The van der Waals surface area contributed by atoms with Crippen LogP contribution in [0.2, 0.25) is 5.02 Å². The van der Waals surface area contributed by atoms with Crippen molar-refractivity contribution < 1.29 is 12.8 Å². The van der Waals surface area contributed by atoms with E-state index < -0.39 is 20.6 Å². The van der Waals surface area contributed by atoms with E-state index in [1.807, 2.05) is 0 Å². The zero-order chi connectivity index (χ0) is 15.5. The molecule has 0 fully saturated rings. The third kappa shape index (κ3) is 3.27. The number of pyridine rings is 1. The minimum atomic E-state index is -4.02. The molecule has 2 rings (SSSR count). The Morgan fingerprint density at radius 3 is 2.67 bits per heavy atom. The summed E-state index contributed by atoms with van der Waals surface area (Å²) in [6, 6.07) is 9.64. The Balaban J connectivity index is 2.51. The Bertz CT molecular complexity index is 843. The standard InChI is InChI=1S/C14H8ClFN2O2S/c15-12-8-10(4-5-13(12)16)7-11(9-17)21(19,20)14-3-1-2-6-18-14/h1-8H/b11-7+. The van der Waals surface area contributed by atoms with Gasteiger partial charge in [-0.2, -0.15) is 5.26 Å². The predicted octanol–water partition coefficient (Wildman–Crippen LogP) is 3.21. The van der Waals surface area contributed by atoms with Crippen LogP contribution in [-0.2, 0) is 9.84 Å². The highest BCUT2D eigenvalue weighted by atomic mass is 35.5. The average molecular weight is 323 g/mol. The monoisotopic (exact) mass is 322 g/mol. The van der Waals surface area contributed by atoms with Crippen LogP contribution in [-0.4, -0.2) is 13.4 Å². The molecule has 0 atom stereocenters. The van der Waals surface area contributed by atoms with Gasteiger partial charge in [0.25, 0.3) is 0 Å². The van der Waals surface area contributed by atoms with E-state index in [-0.39, 0.29) is 10.0 Å². The summed E-state index contributed by atoms with van der Waals surface area (Å²) in [4.78, 5) is 3.23. The largest absolute Gasteiger partial charge is 0.244 e. The van der Waals surface area contributed by atoms with Crippen LogP contribution in [0.5, 0.6) is 0 Å². The first-order valence-electron chi connectivity index (χ1n) is 5.68. The van der Waals surface area contributed by atoms with E-state index in [0.717, 1.165) is 12.1 Å². The van der Waals surface area contributed by atoms with Gasteiger partial charge in [-0.25, -0.2) is 17.8 Å². The second kappa shape index (κ2) is 6.04. The second-order valence-electron chi connectivity index (χ2n) is 3.97. The lowest BCUT2D eigenvalue weighted by Crippen LogP contribution is -2.05. The molecule has 0 spiro atoms. The summed E-state index contributed by atoms with van der Waals surface area (Å²) in [6.45, 7) is 0. The van der Waals surface area contributed by atoms with Gasteiger partial charge in [0.2, 0.25) is 9.84 Å². The van der Waals surface area contributed by atoms with Crippen LogP contribution < -0.4 is 0 Å². The first kappa shape index (κ1) is 15.2. The summed E-state index contributed by atoms with van der Waals surface area (Å²) in [5.41, 5.74) is 0.303. The molecule has 0 bridgehead atoms. The van der Waals surface area contributed by atoms with Gasteiger partial charge in [0.15, 0.2) is 9.93 Å². The van der Waals surface area contributed by atoms with Crippen molar-refractivity contribution in [3.8, 4) is 6.07 Å². The fourth-order valence-corrected chi connectivity index (χ4v) is 2.83. The Kier molecular flexibility index (Phi) is 4.36. The van der Waals surface area contributed by atoms with Gasteiger partial charge >= 0.3 is 0 Å². The first-order chi connectivity index (χ1) is 9.95. The maximum atomic E-state index is 13.1. The molecule has 0 N–H and O–H groups in total. The van der Waals surface area contributed by atoms with Crippen molar-refractivity contribution in [2.75, 3.05) is 0 Å². The molecular weight excluding hydrogens is 315 g/mol. The predicted molar refractivity (Wildman–Crippen MR) is 76.4 cm³/mol. The van der Waals surface area contributed by atoms with Crippen molar-refractivity contribution in [2.45, 2.75) is 5.03 Å². The zero-order valence-corrected chi connectivity index (χ0v) is 12.1. The highest BCUT2D eigenvalue weighted by molar-refractivity contribution is 7.95. The molecule has 1 heterocycles. The molecule has 21 heavy (non-hydrogen) atoms. The minimum Gasteiger partial charge on any atom is -0.244 e. The van der Waals surface area contributed by atoms with Crippen molar-refractivity contribution in [1.82, 2.24) is 4.98 Å². The van der Waals surface area contributed by atoms with Crippen molar-refractivity contribution in [3.05, 3.63) is 63.9 Å². The minimum absolute atomic E-state index is 0.156. The third-order valence-electron chi connectivity index (χ3n) is 2.55. The Hall–Kier alpha value is -2.23. The SMILES string of the molecule is N#C/C(=C\c1ccc(F)c(Cl)c1)S(=O)(=O)c1ccccn1. The normalized spacial score (nSPS) is 12.0. The topological polar surface area (TPSA) is 70.8 Å². The number of hydrogen-bond acceptors (Lipinski definition) is 4. The molecule has 4 nitrogen and oxygen atoms in total. The van der Waals surface area contributed by atoms with E-state index in [9.17, 15) is 12.8 Å². The number of nitriles is 1. The van der Waals surface area contributed by atoms with Gasteiger partial charge in [0.1, 0.15) is 11.9 Å². The van der Waals surface area contributed by atoms with Gasteiger partial charge in [-0.1, -0.05) is 23.7 Å². The summed E-state index contributed by atoms with van der Waals surface area (Å²) < 4.78 is 37.6. The van der Waals surface area contributed by atoms with Gasteiger partial charge < -0.3 is 0 Å². The van der Waals surface area contributed by atoms with Gasteiger partial charge in [0, 0.05) is 6.20 Å². The van der Waals surface area contributed by atoms with E-state index in [1.165, 1.54) is 30.5 Å². The molecule has 2 aromatic rings. The van der Waals surface area contributed by atoms with Crippen molar-refractivity contribution >= 4 is 27.5 Å². The molecule has 0 saturated carbocycles. The van der Waals surface area contributed by atoms with E-state index in [4.69, 9.17) is 16.9 Å². The molecular formula is C14H8ClFN2O2S. The van der Waals surface area contributed by atoms with Crippen LogP contribution in [0.4, 0.5) is 4.39 Å². The summed E-state index contributed by atoms with van der Waals surface area (Å²) in [5, 5.41) is 8.69. The third-order valence-corrected chi connectivity index (χ3v) is 4.42. The quantitative estimate of drug-likeness (QED) is 0.813. The second-order valence-corrected chi connectivity index (χ2v) is 6.24. The summed E-state index contributed by atoms with van der Waals surface area (Å²) in [7, 11) is -4.02. The lowest BCUT2D eigenvalue weighted by Gasteiger charge is -2.02.